The first kappa shape index (κ1) is 10.2. The highest BCUT2D eigenvalue weighted by Crippen LogP contribution is 2.09. The fraction of sp³-hybridized carbons (Fsp3) is 0.667. The van der Waals surface area contributed by atoms with Gasteiger partial charge in [-0.2, -0.15) is 5.10 Å². The predicted molar refractivity (Wildman–Crippen MR) is 51.3 cm³/mol. The Labute approximate surface area is 78.4 Å². The Kier molecular flexibility index (Phi) is 3.06. The lowest BCUT2D eigenvalue weighted by atomic mass is 9.98. The molecule has 0 saturated carbocycles. The molecule has 1 atom stereocenters. The molecule has 0 fully saturated rings. The van der Waals surface area contributed by atoms with Gasteiger partial charge in [-0.3, -0.25) is 4.68 Å². The van der Waals surface area contributed by atoms with E-state index in [4.69, 9.17) is 10.8 Å². The van der Waals surface area contributed by atoms with Crippen LogP contribution in [0.25, 0.3) is 0 Å². The molecule has 74 valence electrons. The summed E-state index contributed by atoms with van der Waals surface area (Å²) in [5, 5.41) is 13.1. The Morgan fingerprint density at radius 3 is 2.92 bits per heavy atom. The van der Waals surface area contributed by atoms with Crippen LogP contribution in [0.4, 0.5) is 0 Å². The summed E-state index contributed by atoms with van der Waals surface area (Å²) in [5.41, 5.74) is 6.36. The molecule has 0 aliphatic carbocycles. The fourth-order valence-corrected chi connectivity index (χ4v) is 1.26. The highest BCUT2D eigenvalue weighted by molar-refractivity contribution is 5.05. The molecule has 0 radical (unpaired) electrons. The molecule has 13 heavy (non-hydrogen) atoms. The molecule has 4 heteroatoms. The lowest BCUT2D eigenvalue weighted by Gasteiger charge is -2.21. The monoisotopic (exact) mass is 183 g/mol. The van der Waals surface area contributed by atoms with E-state index < -0.39 is 5.54 Å². The number of aliphatic hydroxyl groups excluding tert-OH is 1. The largest absolute Gasteiger partial charge is 0.394 e. The van der Waals surface area contributed by atoms with Gasteiger partial charge in [0, 0.05) is 30.4 Å². The van der Waals surface area contributed by atoms with Crippen LogP contribution in [0.15, 0.2) is 12.3 Å². The third-order valence-corrected chi connectivity index (χ3v) is 2.05. The molecule has 0 amide bonds. The van der Waals surface area contributed by atoms with Gasteiger partial charge in [0.15, 0.2) is 0 Å². The summed E-state index contributed by atoms with van der Waals surface area (Å²) in [5.74, 6) is 0. The number of rotatable bonds is 4. The minimum absolute atomic E-state index is 0.0120. The van der Waals surface area contributed by atoms with Crippen LogP contribution in [0.2, 0.25) is 0 Å². The van der Waals surface area contributed by atoms with Crippen LogP contribution in [0.3, 0.4) is 0 Å². The molecule has 0 bridgehead atoms. The van der Waals surface area contributed by atoms with Gasteiger partial charge in [0.05, 0.1) is 6.61 Å². The molecule has 1 rings (SSSR count). The van der Waals surface area contributed by atoms with Crippen LogP contribution in [-0.4, -0.2) is 27.0 Å². The van der Waals surface area contributed by atoms with Crippen molar-refractivity contribution in [2.24, 2.45) is 5.73 Å². The van der Waals surface area contributed by atoms with Gasteiger partial charge < -0.3 is 10.8 Å². The Morgan fingerprint density at radius 2 is 2.38 bits per heavy atom. The van der Waals surface area contributed by atoms with E-state index in [1.807, 2.05) is 24.6 Å². The van der Waals surface area contributed by atoms with Crippen molar-refractivity contribution in [3.63, 3.8) is 0 Å². The van der Waals surface area contributed by atoms with Gasteiger partial charge in [0.2, 0.25) is 0 Å². The smallest absolute Gasteiger partial charge is 0.0612 e. The molecule has 0 aliphatic rings. The summed E-state index contributed by atoms with van der Waals surface area (Å²) >= 11 is 0. The van der Waals surface area contributed by atoms with Gasteiger partial charge in [0.25, 0.3) is 0 Å². The van der Waals surface area contributed by atoms with Crippen molar-refractivity contribution in [3.05, 3.63) is 18.0 Å². The maximum absolute atomic E-state index is 9.00. The second kappa shape index (κ2) is 3.89. The third-order valence-electron chi connectivity index (χ3n) is 2.05. The number of aliphatic hydroxyl groups is 1. The van der Waals surface area contributed by atoms with Crippen LogP contribution in [0, 0.1) is 0 Å². The Morgan fingerprint density at radius 1 is 1.69 bits per heavy atom. The Hall–Kier alpha value is -0.870. The molecule has 0 aliphatic heterocycles. The van der Waals surface area contributed by atoms with Gasteiger partial charge in [-0.1, -0.05) is 0 Å². The summed E-state index contributed by atoms with van der Waals surface area (Å²) < 4.78 is 1.89. The van der Waals surface area contributed by atoms with Crippen LogP contribution in [0.5, 0.6) is 0 Å². The second-order valence-corrected chi connectivity index (χ2v) is 3.63. The van der Waals surface area contributed by atoms with Crippen molar-refractivity contribution in [1.82, 2.24) is 9.78 Å². The van der Waals surface area contributed by atoms with E-state index >= 15 is 0 Å². The van der Waals surface area contributed by atoms with E-state index in [0.717, 1.165) is 12.2 Å². The average Bonchev–Trinajstić information content (AvgIpc) is 2.51. The molecular formula is C9H17N3O. The first-order valence-electron chi connectivity index (χ1n) is 4.49. The number of hydrogen-bond acceptors (Lipinski definition) is 3. The maximum Gasteiger partial charge on any atom is 0.0612 e. The summed E-state index contributed by atoms with van der Waals surface area (Å²) in [6, 6.07) is 1.93. The van der Waals surface area contributed by atoms with Crippen molar-refractivity contribution in [3.8, 4) is 0 Å². The summed E-state index contributed by atoms with van der Waals surface area (Å²) in [4.78, 5) is 0. The minimum atomic E-state index is -0.549. The summed E-state index contributed by atoms with van der Waals surface area (Å²) in [7, 11) is 0. The number of aryl methyl sites for hydroxylation is 1. The first-order valence-corrected chi connectivity index (χ1v) is 4.49. The molecule has 3 N–H and O–H groups in total. The number of nitrogens with zero attached hydrogens (tertiary/aromatic N) is 2. The quantitative estimate of drug-likeness (QED) is 0.698. The molecule has 4 nitrogen and oxygen atoms in total. The van der Waals surface area contributed by atoms with Crippen LogP contribution in [0.1, 0.15) is 19.5 Å². The van der Waals surface area contributed by atoms with Crippen LogP contribution in [-0.2, 0) is 13.0 Å². The van der Waals surface area contributed by atoms with Gasteiger partial charge in [-0.25, -0.2) is 0 Å². The highest BCUT2D eigenvalue weighted by Gasteiger charge is 2.19. The topological polar surface area (TPSA) is 64.1 Å². The van der Waals surface area contributed by atoms with E-state index in [-0.39, 0.29) is 6.61 Å². The summed E-state index contributed by atoms with van der Waals surface area (Å²) in [6.45, 7) is 4.69. The average molecular weight is 183 g/mol. The van der Waals surface area contributed by atoms with Crippen molar-refractivity contribution in [2.75, 3.05) is 6.61 Å². The highest BCUT2D eigenvalue weighted by atomic mass is 16.3. The van der Waals surface area contributed by atoms with E-state index in [9.17, 15) is 0 Å². The molecule has 1 aromatic rings. The van der Waals surface area contributed by atoms with Crippen molar-refractivity contribution >= 4 is 0 Å². The van der Waals surface area contributed by atoms with Gasteiger partial charge >= 0.3 is 0 Å². The third kappa shape index (κ3) is 2.54. The van der Waals surface area contributed by atoms with Gasteiger partial charge in [0.1, 0.15) is 0 Å². The lowest BCUT2D eigenvalue weighted by molar-refractivity contribution is 0.206. The minimum Gasteiger partial charge on any atom is -0.394 e. The Bertz CT molecular complexity index is 268. The molecule has 1 aromatic heterocycles. The number of nitrogens with two attached hydrogens (primary N) is 1. The van der Waals surface area contributed by atoms with E-state index in [1.54, 1.807) is 6.20 Å². The van der Waals surface area contributed by atoms with Gasteiger partial charge in [-0.15, -0.1) is 0 Å². The van der Waals surface area contributed by atoms with E-state index in [0.29, 0.717) is 6.42 Å². The molecule has 1 heterocycles. The summed E-state index contributed by atoms with van der Waals surface area (Å²) in [6.07, 6.45) is 2.41. The zero-order valence-corrected chi connectivity index (χ0v) is 8.20. The number of hydrogen-bond donors (Lipinski definition) is 2. The van der Waals surface area contributed by atoms with E-state index in [2.05, 4.69) is 5.10 Å². The van der Waals surface area contributed by atoms with E-state index in [1.165, 1.54) is 0 Å². The fourth-order valence-electron chi connectivity index (χ4n) is 1.26. The normalized spacial score (nSPS) is 15.7. The lowest BCUT2D eigenvalue weighted by Crippen LogP contribution is -2.42. The SMILES string of the molecule is CCn1nccc1CC(C)(N)CO. The molecule has 0 spiro atoms. The zero-order chi connectivity index (χ0) is 9.90. The van der Waals surface area contributed by atoms with Gasteiger partial charge in [-0.05, 0) is 19.9 Å². The Balaban J connectivity index is 2.73. The van der Waals surface area contributed by atoms with Crippen molar-refractivity contribution < 1.29 is 5.11 Å². The van der Waals surface area contributed by atoms with Crippen LogP contribution < -0.4 is 5.73 Å². The predicted octanol–water partition coefficient (Wildman–Crippen LogP) is 0.155. The zero-order valence-electron chi connectivity index (χ0n) is 8.20. The van der Waals surface area contributed by atoms with Crippen molar-refractivity contribution in [2.45, 2.75) is 32.4 Å². The maximum atomic E-state index is 9.00. The molecule has 0 aromatic carbocycles. The molecular weight excluding hydrogens is 166 g/mol. The molecule has 1 unspecified atom stereocenters. The second-order valence-electron chi connectivity index (χ2n) is 3.63. The number of aromatic nitrogens is 2. The molecule has 0 saturated heterocycles. The first-order chi connectivity index (χ1) is 6.09. The van der Waals surface area contributed by atoms with Crippen LogP contribution >= 0.6 is 0 Å². The van der Waals surface area contributed by atoms with Crippen molar-refractivity contribution in [1.29, 1.82) is 0 Å². The standard InChI is InChI=1S/C9H17N3O/c1-3-12-8(4-5-11-12)6-9(2,10)7-13/h4-5,13H,3,6-7,10H2,1-2H3.